The van der Waals surface area contributed by atoms with Crippen LogP contribution in [0.3, 0.4) is 0 Å². The van der Waals surface area contributed by atoms with Crippen molar-refractivity contribution in [3.05, 3.63) is 36.5 Å². The monoisotopic (exact) mass is 251 g/mol. The zero-order chi connectivity index (χ0) is 13.9. The Bertz CT molecular complexity index is 335. The lowest BCUT2D eigenvalue weighted by Crippen LogP contribution is -2.37. The van der Waals surface area contributed by atoms with Crippen molar-refractivity contribution in [1.82, 2.24) is 5.32 Å². The summed E-state index contributed by atoms with van der Waals surface area (Å²) in [4.78, 5) is 21.2. The third-order valence-corrected chi connectivity index (χ3v) is 1.90. The van der Waals surface area contributed by atoms with Gasteiger partial charge in [-0.2, -0.15) is 0 Å². The standard InChI is InChI=1S/C14H21NO3/c1-14(2,18)12-15-13(17)10-8-6-4-3-5-7-9-11-16/h3,5,7-11,18H,4,6,12H2,1-2H3,(H,15,17)/b5-3+,9-7+,10-8+. The predicted octanol–water partition coefficient (Wildman–Crippen LogP) is 1.52. The van der Waals surface area contributed by atoms with Crippen LogP contribution in [-0.2, 0) is 9.59 Å². The molecule has 0 saturated heterocycles. The molecule has 100 valence electrons. The van der Waals surface area contributed by atoms with Crippen molar-refractivity contribution in [3.63, 3.8) is 0 Å². The molecular formula is C14H21NO3. The normalized spacial score (nSPS) is 12.6. The number of carbonyl (C=O) groups excluding carboxylic acids is 2. The summed E-state index contributed by atoms with van der Waals surface area (Å²) in [5, 5.41) is 12.0. The second kappa shape index (κ2) is 9.36. The summed E-state index contributed by atoms with van der Waals surface area (Å²) in [6.07, 6.45) is 12.3. The molecule has 0 unspecified atom stereocenters. The molecule has 1 amide bonds. The van der Waals surface area contributed by atoms with Crippen LogP contribution in [0.15, 0.2) is 36.5 Å². The van der Waals surface area contributed by atoms with Crippen LogP contribution in [0.25, 0.3) is 0 Å². The predicted molar refractivity (Wildman–Crippen MR) is 72.0 cm³/mol. The van der Waals surface area contributed by atoms with E-state index < -0.39 is 5.60 Å². The molecule has 18 heavy (non-hydrogen) atoms. The van der Waals surface area contributed by atoms with E-state index in [1.807, 2.05) is 6.08 Å². The number of amides is 1. The van der Waals surface area contributed by atoms with Gasteiger partial charge in [0.05, 0.1) is 5.60 Å². The highest BCUT2D eigenvalue weighted by molar-refractivity contribution is 5.87. The molecule has 0 spiro atoms. The largest absolute Gasteiger partial charge is 0.389 e. The first kappa shape index (κ1) is 16.3. The fourth-order valence-corrected chi connectivity index (χ4v) is 1.03. The Morgan fingerprint density at radius 3 is 2.44 bits per heavy atom. The number of aliphatic hydroxyl groups is 1. The van der Waals surface area contributed by atoms with E-state index in [2.05, 4.69) is 5.32 Å². The number of unbranched alkanes of at least 4 members (excludes halogenated alkanes) is 1. The number of hydrogen-bond acceptors (Lipinski definition) is 3. The minimum absolute atomic E-state index is 0.207. The van der Waals surface area contributed by atoms with Gasteiger partial charge >= 0.3 is 0 Å². The molecule has 4 heteroatoms. The van der Waals surface area contributed by atoms with E-state index in [0.29, 0.717) is 0 Å². The van der Waals surface area contributed by atoms with Crippen LogP contribution in [0, 0.1) is 0 Å². The summed E-state index contributed by atoms with van der Waals surface area (Å²) in [5.74, 6) is -0.207. The molecule has 0 aliphatic carbocycles. The summed E-state index contributed by atoms with van der Waals surface area (Å²) in [5.41, 5.74) is -0.892. The van der Waals surface area contributed by atoms with Crippen LogP contribution in [0.2, 0.25) is 0 Å². The molecule has 0 rings (SSSR count). The SMILES string of the molecule is CC(C)(O)CNC(=O)/C=C/CC/C=C/C=C/C=O. The second-order valence-corrected chi connectivity index (χ2v) is 4.46. The Balaban J connectivity index is 3.70. The van der Waals surface area contributed by atoms with E-state index in [-0.39, 0.29) is 12.5 Å². The lowest BCUT2D eigenvalue weighted by Gasteiger charge is -2.16. The van der Waals surface area contributed by atoms with E-state index in [4.69, 9.17) is 0 Å². The van der Waals surface area contributed by atoms with Gasteiger partial charge in [0, 0.05) is 6.54 Å². The van der Waals surface area contributed by atoms with Crippen LogP contribution in [-0.4, -0.2) is 29.4 Å². The third-order valence-electron chi connectivity index (χ3n) is 1.90. The molecule has 0 aliphatic rings. The molecule has 0 aromatic rings. The molecule has 0 bridgehead atoms. The van der Waals surface area contributed by atoms with Gasteiger partial charge in [-0.3, -0.25) is 9.59 Å². The van der Waals surface area contributed by atoms with E-state index in [0.717, 1.165) is 19.1 Å². The summed E-state index contributed by atoms with van der Waals surface area (Å²) >= 11 is 0. The third kappa shape index (κ3) is 12.4. The van der Waals surface area contributed by atoms with Gasteiger partial charge in [-0.25, -0.2) is 0 Å². The van der Waals surface area contributed by atoms with Gasteiger partial charge in [-0.1, -0.05) is 24.3 Å². The smallest absolute Gasteiger partial charge is 0.243 e. The Kier molecular flexibility index (Phi) is 8.49. The van der Waals surface area contributed by atoms with Crippen molar-refractivity contribution in [1.29, 1.82) is 0 Å². The quantitative estimate of drug-likeness (QED) is 0.297. The van der Waals surface area contributed by atoms with Crippen molar-refractivity contribution in [2.24, 2.45) is 0 Å². The highest BCUT2D eigenvalue weighted by atomic mass is 16.3. The average molecular weight is 251 g/mol. The number of hydrogen-bond donors (Lipinski definition) is 2. The number of carbonyl (C=O) groups is 2. The van der Waals surface area contributed by atoms with Crippen molar-refractivity contribution >= 4 is 12.2 Å². The Morgan fingerprint density at radius 1 is 1.17 bits per heavy atom. The number of nitrogens with one attached hydrogen (secondary N) is 1. The first-order valence-electron chi connectivity index (χ1n) is 5.89. The summed E-state index contributed by atoms with van der Waals surface area (Å²) in [6, 6.07) is 0. The maximum Gasteiger partial charge on any atom is 0.243 e. The zero-order valence-corrected chi connectivity index (χ0v) is 10.9. The van der Waals surface area contributed by atoms with E-state index >= 15 is 0 Å². The van der Waals surface area contributed by atoms with Crippen LogP contribution >= 0.6 is 0 Å². The molecular weight excluding hydrogens is 230 g/mol. The van der Waals surface area contributed by atoms with Gasteiger partial charge in [0.15, 0.2) is 0 Å². The van der Waals surface area contributed by atoms with Gasteiger partial charge in [-0.15, -0.1) is 0 Å². The maximum absolute atomic E-state index is 11.3. The minimum atomic E-state index is -0.892. The van der Waals surface area contributed by atoms with Gasteiger partial charge < -0.3 is 10.4 Å². The summed E-state index contributed by atoms with van der Waals surface area (Å²) < 4.78 is 0. The average Bonchev–Trinajstić information content (AvgIpc) is 2.29. The lowest BCUT2D eigenvalue weighted by atomic mass is 10.1. The fraction of sp³-hybridized carbons (Fsp3) is 0.429. The van der Waals surface area contributed by atoms with E-state index in [9.17, 15) is 14.7 Å². The molecule has 0 aliphatic heterocycles. The van der Waals surface area contributed by atoms with Crippen molar-refractivity contribution in [3.8, 4) is 0 Å². The van der Waals surface area contributed by atoms with Crippen molar-refractivity contribution < 1.29 is 14.7 Å². The highest BCUT2D eigenvalue weighted by Crippen LogP contribution is 1.97. The number of allylic oxidation sites excluding steroid dienone is 5. The first-order valence-corrected chi connectivity index (χ1v) is 5.89. The Hall–Kier alpha value is -1.68. The molecule has 0 fully saturated rings. The molecule has 0 saturated carbocycles. The van der Waals surface area contributed by atoms with Crippen molar-refractivity contribution in [2.45, 2.75) is 32.3 Å². The molecule has 4 nitrogen and oxygen atoms in total. The molecule has 0 aromatic heterocycles. The van der Waals surface area contributed by atoms with E-state index in [1.165, 1.54) is 12.2 Å². The number of aldehydes is 1. The van der Waals surface area contributed by atoms with Crippen molar-refractivity contribution in [2.75, 3.05) is 6.54 Å². The Labute approximate surface area is 108 Å². The maximum atomic E-state index is 11.3. The first-order chi connectivity index (χ1) is 8.45. The molecule has 0 heterocycles. The van der Waals surface area contributed by atoms with Gasteiger partial charge in [0.25, 0.3) is 0 Å². The molecule has 0 aromatic carbocycles. The second-order valence-electron chi connectivity index (χ2n) is 4.46. The van der Waals surface area contributed by atoms with Gasteiger partial charge in [0.2, 0.25) is 5.91 Å². The van der Waals surface area contributed by atoms with Crippen LogP contribution < -0.4 is 5.32 Å². The zero-order valence-electron chi connectivity index (χ0n) is 10.9. The molecule has 0 atom stereocenters. The fourth-order valence-electron chi connectivity index (χ4n) is 1.03. The molecule has 0 radical (unpaired) electrons. The van der Waals surface area contributed by atoms with Gasteiger partial charge in [-0.05, 0) is 38.8 Å². The van der Waals surface area contributed by atoms with Crippen LogP contribution in [0.5, 0.6) is 0 Å². The number of rotatable bonds is 8. The summed E-state index contributed by atoms with van der Waals surface area (Å²) in [6.45, 7) is 3.50. The lowest BCUT2D eigenvalue weighted by molar-refractivity contribution is -0.117. The minimum Gasteiger partial charge on any atom is -0.389 e. The van der Waals surface area contributed by atoms with Crippen LogP contribution in [0.4, 0.5) is 0 Å². The Morgan fingerprint density at radius 2 is 1.83 bits per heavy atom. The summed E-state index contributed by atoms with van der Waals surface area (Å²) in [7, 11) is 0. The van der Waals surface area contributed by atoms with Crippen LogP contribution in [0.1, 0.15) is 26.7 Å². The topological polar surface area (TPSA) is 66.4 Å². The highest BCUT2D eigenvalue weighted by Gasteiger charge is 2.12. The van der Waals surface area contributed by atoms with Gasteiger partial charge in [0.1, 0.15) is 6.29 Å². The molecule has 2 N–H and O–H groups in total. The van der Waals surface area contributed by atoms with E-state index in [1.54, 1.807) is 32.1 Å².